The smallest absolute Gasteiger partial charge is 0.243 e. The maximum absolute atomic E-state index is 13.3. The Hall–Kier alpha value is -1.62. The van der Waals surface area contributed by atoms with E-state index in [4.69, 9.17) is 11.6 Å². The number of hydrogen-bond donors (Lipinski definition) is 1. The lowest BCUT2D eigenvalue weighted by molar-refractivity contribution is -0.120. The lowest BCUT2D eigenvalue weighted by atomic mass is 9.97. The van der Waals surface area contributed by atoms with Crippen molar-refractivity contribution in [2.24, 2.45) is 5.92 Å². The molecule has 0 radical (unpaired) electrons. The van der Waals surface area contributed by atoms with Crippen LogP contribution in [0.2, 0.25) is 5.02 Å². The first-order valence-corrected chi connectivity index (χ1v) is 11.7. The molecule has 29 heavy (non-hydrogen) atoms. The minimum atomic E-state index is -3.79. The van der Waals surface area contributed by atoms with Crippen LogP contribution in [0, 0.1) is 11.7 Å². The quantitative estimate of drug-likeness (QED) is 0.751. The van der Waals surface area contributed by atoms with E-state index in [1.165, 1.54) is 21.7 Å². The predicted molar refractivity (Wildman–Crippen MR) is 110 cm³/mol. The van der Waals surface area contributed by atoms with Gasteiger partial charge in [-0.1, -0.05) is 43.7 Å². The molecule has 7 nitrogen and oxygen atoms in total. The number of rotatable bonds is 4. The Morgan fingerprint density at radius 1 is 1.28 bits per heavy atom. The topological polar surface area (TPSA) is 92.3 Å². The lowest BCUT2D eigenvalue weighted by Crippen LogP contribution is -2.41. The molecule has 1 aromatic carbocycles. The van der Waals surface area contributed by atoms with E-state index in [1.807, 2.05) is 20.8 Å². The van der Waals surface area contributed by atoms with Gasteiger partial charge in [-0.05, 0) is 31.0 Å². The lowest BCUT2D eigenvalue weighted by Gasteiger charge is -2.30. The number of aromatic nitrogens is 2. The van der Waals surface area contributed by atoms with Crippen LogP contribution in [0.3, 0.4) is 0 Å². The zero-order valence-electron chi connectivity index (χ0n) is 16.3. The van der Waals surface area contributed by atoms with Crippen molar-refractivity contribution >= 4 is 44.0 Å². The number of anilines is 1. The van der Waals surface area contributed by atoms with Gasteiger partial charge in [-0.15, -0.1) is 10.2 Å². The van der Waals surface area contributed by atoms with Gasteiger partial charge >= 0.3 is 0 Å². The molecule has 1 N–H and O–H groups in total. The highest BCUT2D eigenvalue weighted by molar-refractivity contribution is 7.89. The highest BCUT2D eigenvalue weighted by atomic mass is 35.5. The molecule has 1 fully saturated rings. The van der Waals surface area contributed by atoms with Crippen LogP contribution in [0.4, 0.5) is 9.52 Å². The third-order valence-electron chi connectivity index (χ3n) is 4.65. The number of amides is 1. The monoisotopic (exact) mass is 460 g/mol. The molecule has 1 amide bonds. The molecule has 1 aliphatic rings. The van der Waals surface area contributed by atoms with Gasteiger partial charge in [-0.25, -0.2) is 12.8 Å². The number of nitrogens with zero attached hydrogens (tertiary/aromatic N) is 3. The second-order valence-corrected chi connectivity index (χ2v) is 11.2. The zero-order chi connectivity index (χ0) is 21.4. The number of benzene rings is 1. The van der Waals surface area contributed by atoms with Crippen LogP contribution in [0.5, 0.6) is 0 Å². The highest BCUT2D eigenvalue weighted by Crippen LogP contribution is 2.30. The van der Waals surface area contributed by atoms with E-state index in [-0.39, 0.29) is 40.2 Å². The van der Waals surface area contributed by atoms with E-state index in [9.17, 15) is 17.6 Å². The second kappa shape index (κ2) is 8.25. The van der Waals surface area contributed by atoms with Crippen LogP contribution >= 0.6 is 22.9 Å². The molecule has 0 unspecified atom stereocenters. The summed E-state index contributed by atoms with van der Waals surface area (Å²) in [5, 5.41) is 11.9. The molecule has 1 saturated heterocycles. The number of carbonyl (C=O) groups excluding carboxylic acids is 1. The average molecular weight is 461 g/mol. The van der Waals surface area contributed by atoms with Gasteiger partial charge in [0.2, 0.25) is 21.1 Å². The molecule has 158 valence electrons. The zero-order valence-corrected chi connectivity index (χ0v) is 18.7. The maximum atomic E-state index is 13.3. The van der Waals surface area contributed by atoms with E-state index in [0.29, 0.717) is 18.0 Å². The first-order chi connectivity index (χ1) is 13.5. The van der Waals surface area contributed by atoms with Gasteiger partial charge in [-0.3, -0.25) is 4.79 Å². The Labute approximate surface area is 178 Å². The molecule has 3 rings (SSSR count). The van der Waals surface area contributed by atoms with Crippen molar-refractivity contribution in [3.63, 3.8) is 0 Å². The number of sulfonamides is 1. The Morgan fingerprint density at radius 3 is 2.48 bits per heavy atom. The fourth-order valence-corrected chi connectivity index (χ4v) is 5.47. The minimum absolute atomic E-state index is 0.0598. The maximum Gasteiger partial charge on any atom is 0.243 e. The Kier molecular flexibility index (Phi) is 6.28. The van der Waals surface area contributed by atoms with Gasteiger partial charge in [0.25, 0.3) is 0 Å². The van der Waals surface area contributed by atoms with Crippen molar-refractivity contribution in [2.75, 3.05) is 18.4 Å². The van der Waals surface area contributed by atoms with Gasteiger partial charge in [0, 0.05) is 24.4 Å². The summed E-state index contributed by atoms with van der Waals surface area (Å²) in [5.74, 6) is -1.18. The predicted octanol–water partition coefficient (Wildman–Crippen LogP) is 3.67. The number of nitrogens with one attached hydrogen (secondary N) is 1. The van der Waals surface area contributed by atoms with E-state index >= 15 is 0 Å². The fourth-order valence-electron chi connectivity index (χ4n) is 2.93. The number of hydrogen-bond acceptors (Lipinski definition) is 6. The van der Waals surface area contributed by atoms with Crippen LogP contribution in [0.25, 0.3) is 0 Å². The Bertz CT molecular complexity index is 1010. The average Bonchev–Trinajstić information content (AvgIpc) is 3.13. The fraction of sp³-hybridized carbons (Fsp3) is 0.500. The SMILES string of the molecule is CC(C)(C)c1nnc(NC(=O)C2CCN(S(=O)(=O)c3ccc(F)c(Cl)c3)CC2)s1. The van der Waals surface area contributed by atoms with Crippen molar-refractivity contribution in [1.82, 2.24) is 14.5 Å². The summed E-state index contributed by atoms with van der Waals surface area (Å²) in [7, 11) is -3.79. The molecule has 11 heteroatoms. The van der Waals surface area contributed by atoms with Crippen molar-refractivity contribution < 1.29 is 17.6 Å². The standard InChI is InChI=1S/C18H22ClFN4O3S2/c1-18(2,3)16-22-23-17(28-16)21-15(25)11-6-8-24(9-7-11)29(26,27)12-4-5-14(20)13(19)10-12/h4-5,10-11H,6-9H2,1-3H3,(H,21,23,25). The van der Waals surface area contributed by atoms with Crippen LogP contribution < -0.4 is 5.32 Å². The molecule has 0 saturated carbocycles. The third kappa shape index (κ3) is 4.93. The summed E-state index contributed by atoms with van der Waals surface area (Å²) in [6.07, 6.45) is 0.760. The molecule has 0 aliphatic carbocycles. The van der Waals surface area contributed by atoms with Crippen LogP contribution in [-0.2, 0) is 20.2 Å². The molecule has 0 bridgehead atoms. The molecule has 1 aromatic heterocycles. The largest absolute Gasteiger partial charge is 0.300 e. The van der Waals surface area contributed by atoms with Crippen molar-refractivity contribution in [3.05, 3.63) is 34.0 Å². The van der Waals surface area contributed by atoms with Crippen LogP contribution in [0.1, 0.15) is 38.6 Å². The molecule has 0 atom stereocenters. The first-order valence-electron chi connectivity index (χ1n) is 9.08. The molecule has 2 aromatic rings. The summed E-state index contributed by atoms with van der Waals surface area (Å²) >= 11 is 7.04. The Morgan fingerprint density at radius 2 is 1.93 bits per heavy atom. The number of carbonyl (C=O) groups is 1. The summed E-state index contributed by atoms with van der Waals surface area (Å²) in [6.45, 7) is 6.44. The Balaban J connectivity index is 1.61. The summed E-state index contributed by atoms with van der Waals surface area (Å²) in [6, 6.07) is 3.33. The van der Waals surface area contributed by atoms with E-state index < -0.39 is 15.8 Å². The number of halogens is 2. The third-order valence-corrected chi connectivity index (χ3v) is 8.10. The van der Waals surface area contributed by atoms with E-state index in [1.54, 1.807) is 0 Å². The highest BCUT2D eigenvalue weighted by Gasteiger charge is 2.33. The summed E-state index contributed by atoms with van der Waals surface area (Å²) < 4.78 is 40.1. The normalized spacial score (nSPS) is 16.7. The first kappa shape index (κ1) is 22.1. The van der Waals surface area contributed by atoms with Crippen molar-refractivity contribution in [3.8, 4) is 0 Å². The molecule has 1 aliphatic heterocycles. The van der Waals surface area contributed by atoms with Gasteiger partial charge < -0.3 is 5.32 Å². The van der Waals surface area contributed by atoms with E-state index in [0.717, 1.165) is 17.1 Å². The van der Waals surface area contributed by atoms with Gasteiger partial charge in [0.05, 0.1) is 9.92 Å². The molecule has 2 heterocycles. The van der Waals surface area contributed by atoms with Crippen molar-refractivity contribution in [1.29, 1.82) is 0 Å². The molecular weight excluding hydrogens is 439 g/mol. The second-order valence-electron chi connectivity index (χ2n) is 7.91. The van der Waals surface area contributed by atoms with Crippen LogP contribution in [0.15, 0.2) is 23.1 Å². The summed E-state index contributed by atoms with van der Waals surface area (Å²) in [5.41, 5.74) is -0.149. The van der Waals surface area contributed by atoms with E-state index in [2.05, 4.69) is 15.5 Å². The summed E-state index contributed by atoms with van der Waals surface area (Å²) in [4.78, 5) is 12.5. The molecular formula is C18H22ClFN4O3S2. The minimum Gasteiger partial charge on any atom is -0.300 e. The van der Waals surface area contributed by atoms with Crippen LogP contribution in [-0.4, -0.2) is 41.9 Å². The molecule has 0 spiro atoms. The number of piperidine rings is 1. The van der Waals surface area contributed by atoms with Gasteiger partial charge in [0.1, 0.15) is 10.8 Å². The van der Waals surface area contributed by atoms with Crippen molar-refractivity contribution in [2.45, 2.75) is 43.9 Å². The van der Waals surface area contributed by atoms with Gasteiger partial charge in [0.15, 0.2) is 0 Å². The van der Waals surface area contributed by atoms with Gasteiger partial charge in [-0.2, -0.15) is 4.31 Å².